The Morgan fingerprint density at radius 3 is 2.40 bits per heavy atom. The first kappa shape index (κ1) is 24.1. The standard InChI is InChI=1S/C27H27NO7/c1-14-17-10-19-20(27(2,3)4)13-34-22(19)12-23(17)35-26(33)18(14)11-24(30)28-21(25(31)32)9-15-5-7-16(29)8-6-15/h5-8,10,12-13,21,29H,9,11H2,1-4H3,(H,28,30)(H,31,32)/p-1/t21-/m0/s1. The highest BCUT2D eigenvalue weighted by Gasteiger charge is 2.23. The lowest BCUT2D eigenvalue weighted by Gasteiger charge is -2.20. The third kappa shape index (κ3) is 4.91. The predicted molar refractivity (Wildman–Crippen MR) is 128 cm³/mol. The summed E-state index contributed by atoms with van der Waals surface area (Å²) in [5.41, 5.74) is 2.44. The van der Waals surface area contributed by atoms with Gasteiger partial charge in [-0.15, -0.1) is 0 Å². The molecule has 0 aliphatic rings. The van der Waals surface area contributed by atoms with E-state index in [1.54, 1.807) is 31.4 Å². The molecule has 1 amide bonds. The fourth-order valence-corrected chi connectivity index (χ4v) is 4.16. The molecular weight excluding hydrogens is 450 g/mol. The maximum absolute atomic E-state index is 12.7. The molecule has 0 aliphatic carbocycles. The first-order valence-corrected chi connectivity index (χ1v) is 11.2. The Balaban J connectivity index is 1.63. The van der Waals surface area contributed by atoms with E-state index in [0.29, 0.717) is 27.7 Å². The quantitative estimate of drug-likeness (QED) is 0.409. The van der Waals surface area contributed by atoms with E-state index in [1.165, 1.54) is 12.1 Å². The number of hydrogen-bond donors (Lipinski definition) is 2. The number of furan rings is 1. The largest absolute Gasteiger partial charge is 0.548 e. The highest BCUT2D eigenvalue weighted by molar-refractivity contribution is 5.97. The summed E-state index contributed by atoms with van der Waals surface area (Å²) in [7, 11) is 0. The second-order valence-electron chi connectivity index (χ2n) is 9.72. The Kier molecular flexibility index (Phi) is 6.15. The molecule has 0 saturated heterocycles. The zero-order chi connectivity index (χ0) is 25.5. The molecule has 35 heavy (non-hydrogen) atoms. The number of phenols is 1. The number of hydrogen-bond acceptors (Lipinski definition) is 7. The first-order chi connectivity index (χ1) is 16.4. The average molecular weight is 477 g/mol. The summed E-state index contributed by atoms with van der Waals surface area (Å²) in [5, 5.41) is 25.0. The van der Waals surface area contributed by atoms with Crippen molar-refractivity contribution in [2.75, 3.05) is 0 Å². The molecular formula is C27H26NO7-. The van der Waals surface area contributed by atoms with Gasteiger partial charge in [0.05, 0.1) is 30.3 Å². The van der Waals surface area contributed by atoms with Crippen molar-refractivity contribution in [3.8, 4) is 5.75 Å². The number of carboxylic acid groups (broad SMARTS) is 1. The van der Waals surface area contributed by atoms with E-state index in [0.717, 1.165) is 10.9 Å². The second-order valence-corrected chi connectivity index (χ2v) is 9.72. The summed E-state index contributed by atoms with van der Waals surface area (Å²) < 4.78 is 11.2. The van der Waals surface area contributed by atoms with E-state index >= 15 is 0 Å². The monoisotopic (exact) mass is 476 g/mol. The number of carboxylic acids is 1. The van der Waals surface area contributed by atoms with E-state index in [2.05, 4.69) is 26.1 Å². The summed E-state index contributed by atoms with van der Waals surface area (Å²) in [4.78, 5) is 37.0. The van der Waals surface area contributed by atoms with Crippen LogP contribution in [0.2, 0.25) is 0 Å². The molecule has 1 atom stereocenters. The zero-order valence-corrected chi connectivity index (χ0v) is 19.9. The molecule has 0 fully saturated rings. The van der Waals surface area contributed by atoms with Crippen LogP contribution < -0.4 is 16.0 Å². The third-order valence-electron chi connectivity index (χ3n) is 6.12. The zero-order valence-electron chi connectivity index (χ0n) is 19.9. The lowest BCUT2D eigenvalue weighted by Crippen LogP contribution is -2.49. The minimum Gasteiger partial charge on any atom is -0.548 e. The van der Waals surface area contributed by atoms with Crippen LogP contribution in [0.25, 0.3) is 21.9 Å². The fraction of sp³-hybridized carbons (Fsp3) is 0.296. The van der Waals surface area contributed by atoms with Gasteiger partial charge in [0.2, 0.25) is 5.91 Å². The van der Waals surface area contributed by atoms with Crippen molar-refractivity contribution in [3.63, 3.8) is 0 Å². The molecule has 4 rings (SSSR count). The van der Waals surface area contributed by atoms with E-state index in [9.17, 15) is 24.6 Å². The maximum Gasteiger partial charge on any atom is 0.340 e. The van der Waals surface area contributed by atoms with E-state index in [1.807, 2.05) is 6.07 Å². The number of fused-ring (bicyclic) bond motifs is 2. The number of carbonyl (C=O) groups excluding carboxylic acids is 2. The van der Waals surface area contributed by atoms with Gasteiger partial charge < -0.3 is 29.2 Å². The van der Waals surface area contributed by atoms with Gasteiger partial charge in [0.15, 0.2) is 0 Å². The Labute approximate surface area is 201 Å². The molecule has 0 saturated carbocycles. The van der Waals surface area contributed by atoms with Crippen molar-refractivity contribution < 1.29 is 28.6 Å². The number of carbonyl (C=O) groups is 2. The van der Waals surface area contributed by atoms with Gasteiger partial charge in [-0.05, 0) is 48.1 Å². The van der Waals surface area contributed by atoms with Crippen LogP contribution in [0.15, 0.2) is 56.3 Å². The van der Waals surface area contributed by atoms with Crippen molar-refractivity contribution in [1.29, 1.82) is 0 Å². The molecule has 0 spiro atoms. The van der Waals surface area contributed by atoms with Crippen LogP contribution in [0.3, 0.4) is 0 Å². The lowest BCUT2D eigenvalue weighted by atomic mass is 9.86. The van der Waals surface area contributed by atoms with Gasteiger partial charge in [-0.2, -0.15) is 0 Å². The van der Waals surface area contributed by atoms with E-state index in [4.69, 9.17) is 8.83 Å². The normalized spacial score (nSPS) is 12.7. The van der Waals surface area contributed by atoms with Crippen molar-refractivity contribution in [3.05, 3.63) is 75.3 Å². The Hall–Kier alpha value is -4.07. The topological polar surface area (TPSA) is 133 Å². The highest BCUT2D eigenvalue weighted by Crippen LogP contribution is 2.35. The minimum absolute atomic E-state index is 0.0340. The molecule has 0 unspecified atom stereocenters. The summed E-state index contributed by atoms with van der Waals surface area (Å²) >= 11 is 0. The highest BCUT2D eigenvalue weighted by atomic mass is 16.4. The molecule has 8 heteroatoms. The van der Waals surface area contributed by atoms with Crippen LogP contribution in [0.5, 0.6) is 5.75 Å². The molecule has 0 radical (unpaired) electrons. The van der Waals surface area contributed by atoms with Crippen molar-refractivity contribution in [2.24, 2.45) is 0 Å². The van der Waals surface area contributed by atoms with Gasteiger partial charge in [0.25, 0.3) is 0 Å². The first-order valence-electron chi connectivity index (χ1n) is 11.2. The Morgan fingerprint density at radius 2 is 1.77 bits per heavy atom. The maximum atomic E-state index is 12.7. The molecule has 8 nitrogen and oxygen atoms in total. The number of nitrogens with one attached hydrogen (secondary N) is 1. The molecule has 2 N–H and O–H groups in total. The smallest absolute Gasteiger partial charge is 0.340 e. The van der Waals surface area contributed by atoms with Crippen LogP contribution in [-0.2, 0) is 27.8 Å². The van der Waals surface area contributed by atoms with Crippen LogP contribution in [0.1, 0.15) is 43.0 Å². The molecule has 0 aliphatic heterocycles. The van der Waals surface area contributed by atoms with Crippen molar-refractivity contribution in [1.82, 2.24) is 5.32 Å². The number of amides is 1. The third-order valence-corrected chi connectivity index (χ3v) is 6.12. The van der Waals surface area contributed by atoms with Crippen molar-refractivity contribution in [2.45, 2.75) is 52.0 Å². The summed E-state index contributed by atoms with van der Waals surface area (Å²) in [6, 6.07) is 8.22. The molecule has 2 heterocycles. The van der Waals surface area contributed by atoms with Gasteiger partial charge in [-0.25, -0.2) is 4.79 Å². The van der Waals surface area contributed by atoms with Crippen LogP contribution in [0.4, 0.5) is 0 Å². The number of aromatic hydroxyl groups is 1. The summed E-state index contributed by atoms with van der Waals surface area (Å²) in [5.74, 6) is -2.05. The molecule has 0 bridgehead atoms. The Bertz CT molecular complexity index is 1490. The Morgan fingerprint density at radius 1 is 1.09 bits per heavy atom. The van der Waals surface area contributed by atoms with E-state index in [-0.39, 0.29) is 29.6 Å². The molecule has 182 valence electrons. The summed E-state index contributed by atoms with van der Waals surface area (Å²) in [6.45, 7) is 7.95. The number of benzene rings is 2. The average Bonchev–Trinajstić information content (AvgIpc) is 3.20. The minimum atomic E-state index is -1.45. The molecule has 2 aromatic carbocycles. The predicted octanol–water partition coefficient (Wildman–Crippen LogP) is 2.87. The molecule has 4 aromatic rings. The number of aliphatic carboxylic acids is 1. The van der Waals surface area contributed by atoms with Gasteiger partial charge in [-0.1, -0.05) is 32.9 Å². The second kappa shape index (κ2) is 8.94. The van der Waals surface area contributed by atoms with Gasteiger partial charge in [-0.3, -0.25) is 4.79 Å². The fourth-order valence-electron chi connectivity index (χ4n) is 4.16. The van der Waals surface area contributed by atoms with Crippen molar-refractivity contribution >= 4 is 33.8 Å². The van der Waals surface area contributed by atoms with Gasteiger partial charge in [0.1, 0.15) is 16.9 Å². The van der Waals surface area contributed by atoms with Gasteiger partial charge >= 0.3 is 5.63 Å². The SMILES string of the molecule is Cc1c(CC(=O)N[C@@H](Cc2ccc(O)cc2)C(=O)[O-])c(=O)oc2cc3occ(C(C)(C)C)c3cc12. The number of rotatable bonds is 6. The van der Waals surface area contributed by atoms with Gasteiger partial charge in [0, 0.05) is 22.4 Å². The summed E-state index contributed by atoms with van der Waals surface area (Å²) in [6.07, 6.45) is 1.31. The van der Waals surface area contributed by atoms with Crippen LogP contribution in [0, 0.1) is 6.92 Å². The lowest BCUT2D eigenvalue weighted by molar-refractivity contribution is -0.308. The van der Waals surface area contributed by atoms with Crippen LogP contribution >= 0.6 is 0 Å². The number of phenolic OH excluding ortho intramolecular Hbond substituents is 1. The molecule has 2 aromatic heterocycles. The number of aryl methyl sites for hydroxylation is 1. The van der Waals surface area contributed by atoms with Crippen LogP contribution in [-0.4, -0.2) is 23.0 Å². The van der Waals surface area contributed by atoms with E-state index < -0.39 is 23.5 Å².